The van der Waals surface area contributed by atoms with E-state index in [0.29, 0.717) is 10.7 Å². The molecule has 0 fully saturated rings. The Morgan fingerprint density at radius 2 is 2.19 bits per heavy atom. The topological polar surface area (TPSA) is 63.3 Å². The molecule has 88 valence electrons. The van der Waals surface area contributed by atoms with E-state index < -0.39 is 11.9 Å². The fraction of sp³-hybridized carbons (Fsp3) is 0.417. The van der Waals surface area contributed by atoms with E-state index in [1.807, 2.05) is 13.0 Å². The summed E-state index contributed by atoms with van der Waals surface area (Å²) in [6, 6.07) is 5.31. The van der Waals surface area contributed by atoms with Gasteiger partial charge in [-0.3, -0.25) is 4.79 Å². The SMILES string of the molecule is CCC(c1ccc(Cl)c(N)c1)[C@H](C)C(=O)O. The third-order valence-corrected chi connectivity index (χ3v) is 3.23. The molecule has 0 heterocycles. The second-order valence-electron chi connectivity index (χ2n) is 3.92. The largest absolute Gasteiger partial charge is 0.481 e. The van der Waals surface area contributed by atoms with Gasteiger partial charge in [-0.1, -0.05) is 31.5 Å². The van der Waals surface area contributed by atoms with Crippen LogP contribution in [0.5, 0.6) is 0 Å². The van der Waals surface area contributed by atoms with Crippen molar-refractivity contribution in [2.24, 2.45) is 5.92 Å². The third-order valence-electron chi connectivity index (χ3n) is 2.88. The number of halogens is 1. The second-order valence-corrected chi connectivity index (χ2v) is 4.33. The van der Waals surface area contributed by atoms with Gasteiger partial charge in [-0.25, -0.2) is 0 Å². The van der Waals surface area contributed by atoms with E-state index in [4.69, 9.17) is 22.4 Å². The molecule has 0 aromatic heterocycles. The first-order valence-corrected chi connectivity index (χ1v) is 5.62. The van der Waals surface area contributed by atoms with E-state index in [9.17, 15) is 4.79 Å². The number of nitrogens with two attached hydrogens (primary N) is 1. The molecule has 0 radical (unpaired) electrons. The van der Waals surface area contributed by atoms with Crippen molar-refractivity contribution < 1.29 is 9.90 Å². The molecule has 3 N–H and O–H groups in total. The van der Waals surface area contributed by atoms with Crippen molar-refractivity contribution in [3.8, 4) is 0 Å². The van der Waals surface area contributed by atoms with Crippen LogP contribution in [0.15, 0.2) is 18.2 Å². The highest BCUT2D eigenvalue weighted by Crippen LogP contribution is 2.31. The molecule has 4 heteroatoms. The molecule has 1 rings (SSSR count). The maximum absolute atomic E-state index is 11.0. The predicted octanol–water partition coefficient (Wildman–Crippen LogP) is 3.14. The lowest BCUT2D eigenvalue weighted by atomic mass is 9.85. The Morgan fingerprint density at radius 1 is 1.56 bits per heavy atom. The van der Waals surface area contributed by atoms with Crippen molar-refractivity contribution in [3.05, 3.63) is 28.8 Å². The summed E-state index contributed by atoms with van der Waals surface area (Å²) < 4.78 is 0. The molecular weight excluding hydrogens is 226 g/mol. The molecule has 0 aliphatic carbocycles. The Bertz CT molecular complexity index is 393. The van der Waals surface area contributed by atoms with Crippen molar-refractivity contribution >= 4 is 23.3 Å². The van der Waals surface area contributed by atoms with Crippen LogP contribution >= 0.6 is 11.6 Å². The Balaban J connectivity index is 3.04. The van der Waals surface area contributed by atoms with Crippen LogP contribution < -0.4 is 5.73 Å². The minimum Gasteiger partial charge on any atom is -0.481 e. The van der Waals surface area contributed by atoms with Gasteiger partial charge in [0, 0.05) is 0 Å². The van der Waals surface area contributed by atoms with Gasteiger partial charge in [-0.15, -0.1) is 0 Å². The lowest BCUT2D eigenvalue weighted by molar-refractivity contribution is -0.141. The minimum atomic E-state index is -0.791. The Kier molecular flexibility index (Phi) is 4.19. The highest BCUT2D eigenvalue weighted by molar-refractivity contribution is 6.33. The number of carbonyl (C=O) groups is 1. The molecule has 1 aromatic rings. The smallest absolute Gasteiger partial charge is 0.306 e. The summed E-state index contributed by atoms with van der Waals surface area (Å²) in [5.41, 5.74) is 7.14. The molecule has 0 saturated carbocycles. The molecule has 16 heavy (non-hydrogen) atoms. The van der Waals surface area contributed by atoms with Gasteiger partial charge in [0.05, 0.1) is 16.6 Å². The second kappa shape index (κ2) is 5.21. The van der Waals surface area contributed by atoms with E-state index in [1.165, 1.54) is 0 Å². The van der Waals surface area contributed by atoms with Crippen LogP contribution in [0.25, 0.3) is 0 Å². The van der Waals surface area contributed by atoms with E-state index in [0.717, 1.165) is 12.0 Å². The first kappa shape index (κ1) is 12.8. The summed E-state index contributed by atoms with van der Waals surface area (Å²) >= 11 is 5.83. The molecule has 1 aromatic carbocycles. The lowest BCUT2D eigenvalue weighted by Gasteiger charge is -2.20. The summed E-state index contributed by atoms with van der Waals surface area (Å²) in [6.45, 7) is 3.68. The molecule has 2 atom stereocenters. The van der Waals surface area contributed by atoms with Crippen molar-refractivity contribution in [3.63, 3.8) is 0 Å². The Hall–Kier alpha value is -1.22. The minimum absolute atomic E-state index is 0.0305. The molecule has 0 spiro atoms. The molecular formula is C12H16ClNO2. The summed E-state index contributed by atoms with van der Waals surface area (Å²) in [7, 11) is 0. The van der Waals surface area contributed by atoms with Gasteiger partial charge in [-0.2, -0.15) is 0 Å². The number of aliphatic carboxylic acids is 1. The van der Waals surface area contributed by atoms with Gasteiger partial charge >= 0.3 is 5.97 Å². The van der Waals surface area contributed by atoms with Gasteiger partial charge in [0.2, 0.25) is 0 Å². The van der Waals surface area contributed by atoms with Crippen LogP contribution in [0, 0.1) is 5.92 Å². The number of hydrogen-bond donors (Lipinski definition) is 2. The van der Waals surface area contributed by atoms with Crippen LogP contribution in [0.1, 0.15) is 31.7 Å². The third kappa shape index (κ3) is 2.67. The molecule has 0 saturated heterocycles. The summed E-state index contributed by atoms with van der Waals surface area (Å²) in [5, 5.41) is 9.51. The maximum atomic E-state index is 11.0. The number of anilines is 1. The number of carboxylic acids is 1. The van der Waals surface area contributed by atoms with Gasteiger partial charge in [0.25, 0.3) is 0 Å². The summed E-state index contributed by atoms with van der Waals surface area (Å²) in [4.78, 5) is 11.0. The van der Waals surface area contributed by atoms with Crippen molar-refractivity contribution in [2.75, 3.05) is 5.73 Å². The zero-order valence-electron chi connectivity index (χ0n) is 9.40. The summed E-state index contributed by atoms with van der Waals surface area (Å²) in [6.07, 6.45) is 0.758. The normalized spacial score (nSPS) is 14.4. The quantitative estimate of drug-likeness (QED) is 0.796. The van der Waals surface area contributed by atoms with Crippen LogP contribution in [0.3, 0.4) is 0 Å². The van der Waals surface area contributed by atoms with Crippen LogP contribution in [0.4, 0.5) is 5.69 Å². The number of hydrogen-bond acceptors (Lipinski definition) is 2. The molecule has 3 nitrogen and oxygen atoms in total. The maximum Gasteiger partial charge on any atom is 0.306 e. The van der Waals surface area contributed by atoms with E-state index in [1.54, 1.807) is 19.1 Å². The molecule has 1 unspecified atom stereocenters. The van der Waals surface area contributed by atoms with Crippen LogP contribution in [0.2, 0.25) is 5.02 Å². The van der Waals surface area contributed by atoms with E-state index >= 15 is 0 Å². The summed E-state index contributed by atoms with van der Waals surface area (Å²) in [5.74, 6) is -1.25. The Morgan fingerprint density at radius 3 is 2.62 bits per heavy atom. The number of nitrogen functional groups attached to an aromatic ring is 1. The fourth-order valence-corrected chi connectivity index (χ4v) is 1.96. The average Bonchev–Trinajstić information content (AvgIpc) is 2.24. The number of rotatable bonds is 4. The van der Waals surface area contributed by atoms with Crippen molar-refractivity contribution in [1.29, 1.82) is 0 Å². The fourth-order valence-electron chi connectivity index (χ4n) is 1.84. The van der Waals surface area contributed by atoms with E-state index in [-0.39, 0.29) is 5.92 Å². The zero-order chi connectivity index (χ0) is 12.3. The lowest BCUT2D eigenvalue weighted by Crippen LogP contribution is -2.18. The number of benzene rings is 1. The predicted molar refractivity (Wildman–Crippen MR) is 65.7 cm³/mol. The molecule has 0 amide bonds. The highest BCUT2D eigenvalue weighted by atomic mass is 35.5. The van der Waals surface area contributed by atoms with Crippen molar-refractivity contribution in [2.45, 2.75) is 26.2 Å². The van der Waals surface area contributed by atoms with E-state index in [2.05, 4.69) is 0 Å². The molecule has 0 bridgehead atoms. The first-order valence-electron chi connectivity index (χ1n) is 5.25. The average molecular weight is 242 g/mol. The van der Waals surface area contributed by atoms with Gasteiger partial charge in [-0.05, 0) is 30.0 Å². The van der Waals surface area contributed by atoms with Crippen LogP contribution in [-0.2, 0) is 4.79 Å². The number of carboxylic acid groups (broad SMARTS) is 1. The molecule has 0 aliphatic heterocycles. The molecule has 0 aliphatic rings. The van der Waals surface area contributed by atoms with Gasteiger partial charge < -0.3 is 10.8 Å². The van der Waals surface area contributed by atoms with Gasteiger partial charge in [0.1, 0.15) is 0 Å². The van der Waals surface area contributed by atoms with Crippen molar-refractivity contribution in [1.82, 2.24) is 0 Å². The van der Waals surface area contributed by atoms with Crippen LogP contribution in [-0.4, -0.2) is 11.1 Å². The Labute approximate surface area is 100 Å². The standard InChI is InChI=1S/C12H16ClNO2/c1-3-9(7(2)12(15)16)8-4-5-10(13)11(14)6-8/h4-7,9H,3,14H2,1-2H3,(H,15,16)/t7-,9?/m0/s1. The zero-order valence-corrected chi connectivity index (χ0v) is 10.2. The monoisotopic (exact) mass is 241 g/mol. The van der Waals surface area contributed by atoms with Gasteiger partial charge in [0.15, 0.2) is 0 Å². The first-order chi connectivity index (χ1) is 7.47. The highest BCUT2D eigenvalue weighted by Gasteiger charge is 2.23.